The first-order valence-corrected chi connectivity index (χ1v) is 7.88. The lowest BCUT2D eigenvalue weighted by atomic mass is 10.1. The van der Waals surface area contributed by atoms with Gasteiger partial charge in [-0.1, -0.05) is 6.92 Å². The van der Waals surface area contributed by atoms with E-state index in [2.05, 4.69) is 44.3 Å². The van der Waals surface area contributed by atoms with E-state index in [1.807, 2.05) is 23.1 Å². The zero-order valence-corrected chi connectivity index (χ0v) is 12.5. The molecule has 1 aromatic heterocycles. The van der Waals surface area contributed by atoms with Gasteiger partial charge in [-0.2, -0.15) is 11.8 Å². The standard InChI is InChI=1S/C12H22N2S2/c1-6-9-10(7-13-12(2,3)4)16-11(14-9)8-15-5/h13H,6-8H2,1-5H3. The molecule has 16 heavy (non-hydrogen) atoms. The first kappa shape index (κ1) is 14.0. The molecule has 1 heterocycles. The average Bonchev–Trinajstić information content (AvgIpc) is 2.57. The Labute approximate surface area is 107 Å². The van der Waals surface area contributed by atoms with E-state index >= 15 is 0 Å². The molecular weight excluding hydrogens is 236 g/mol. The SMILES string of the molecule is CCc1nc(CSC)sc1CNC(C)(C)C. The van der Waals surface area contributed by atoms with Gasteiger partial charge in [0.1, 0.15) is 5.01 Å². The van der Waals surface area contributed by atoms with Crippen LogP contribution in [-0.4, -0.2) is 16.8 Å². The van der Waals surface area contributed by atoms with E-state index < -0.39 is 0 Å². The van der Waals surface area contributed by atoms with Crippen LogP contribution in [0.5, 0.6) is 0 Å². The van der Waals surface area contributed by atoms with Crippen molar-refractivity contribution in [1.82, 2.24) is 10.3 Å². The number of aryl methyl sites for hydroxylation is 1. The molecule has 0 atom stereocenters. The summed E-state index contributed by atoms with van der Waals surface area (Å²) in [6, 6.07) is 0. The molecule has 1 rings (SSSR count). The second-order valence-corrected chi connectivity index (χ2v) is 6.90. The Hall–Kier alpha value is -0.0600. The Kier molecular flexibility index (Phi) is 5.28. The van der Waals surface area contributed by atoms with E-state index in [1.54, 1.807) is 0 Å². The van der Waals surface area contributed by atoms with Gasteiger partial charge in [0.05, 0.1) is 5.69 Å². The van der Waals surface area contributed by atoms with E-state index in [9.17, 15) is 0 Å². The third kappa shape index (κ3) is 4.44. The van der Waals surface area contributed by atoms with Crippen molar-refractivity contribution in [2.75, 3.05) is 6.26 Å². The number of hydrogen-bond donors (Lipinski definition) is 1. The molecule has 0 saturated heterocycles. The lowest BCUT2D eigenvalue weighted by molar-refractivity contribution is 0.425. The van der Waals surface area contributed by atoms with E-state index in [4.69, 9.17) is 0 Å². The quantitative estimate of drug-likeness (QED) is 0.875. The second kappa shape index (κ2) is 6.03. The molecule has 0 amide bonds. The summed E-state index contributed by atoms with van der Waals surface area (Å²) in [5.74, 6) is 1.03. The molecular formula is C12H22N2S2. The summed E-state index contributed by atoms with van der Waals surface area (Å²) in [4.78, 5) is 6.08. The van der Waals surface area contributed by atoms with Crippen molar-refractivity contribution in [3.8, 4) is 0 Å². The molecule has 0 aliphatic rings. The maximum Gasteiger partial charge on any atom is 0.103 e. The minimum absolute atomic E-state index is 0.175. The minimum atomic E-state index is 0.175. The minimum Gasteiger partial charge on any atom is -0.307 e. The van der Waals surface area contributed by atoms with Crippen LogP contribution in [0.4, 0.5) is 0 Å². The van der Waals surface area contributed by atoms with Crippen LogP contribution in [-0.2, 0) is 18.7 Å². The first-order chi connectivity index (χ1) is 7.46. The van der Waals surface area contributed by atoms with Gasteiger partial charge in [0.25, 0.3) is 0 Å². The lowest BCUT2D eigenvalue weighted by Gasteiger charge is -2.20. The maximum absolute atomic E-state index is 4.68. The Balaban J connectivity index is 2.70. The Morgan fingerprint density at radius 2 is 2.06 bits per heavy atom. The zero-order chi connectivity index (χ0) is 12.2. The summed E-state index contributed by atoms with van der Waals surface area (Å²) in [5, 5.41) is 4.79. The fraction of sp³-hybridized carbons (Fsp3) is 0.750. The van der Waals surface area contributed by atoms with E-state index in [-0.39, 0.29) is 5.54 Å². The molecule has 1 N–H and O–H groups in total. The summed E-state index contributed by atoms with van der Waals surface area (Å²) >= 11 is 3.69. The summed E-state index contributed by atoms with van der Waals surface area (Å²) in [6.07, 6.45) is 3.16. The summed E-state index contributed by atoms with van der Waals surface area (Å²) < 4.78 is 0. The van der Waals surface area contributed by atoms with Gasteiger partial charge in [-0.3, -0.25) is 0 Å². The molecule has 4 heteroatoms. The third-order valence-corrected chi connectivity index (χ3v) is 4.05. The number of aromatic nitrogens is 1. The van der Waals surface area contributed by atoms with E-state index in [0.29, 0.717) is 0 Å². The van der Waals surface area contributed by atoms with Crippen LogP contribution in [0.1, 0.15) is 43.3 Å². The van der Waals surface area contributed by atoms with Crippen molar-refractivity contribution in [2.24, 2.45) is 0 Å². The smallest absolute Gasteiger partial charge is 0.103 e. The van der Waals surface area contributed by atoms with Gasteiger partial charge in [-0.25, -0.2) is 4.98 Å². The molecule has 92 valence electrons. The van der Waals surface area contributed by atoms with Crippen LogP contribution < -0.4 is 5.32 Å². The number of thiazole rings is 1. The van der Waals surface area contributed by atoms with Gasteiger partial charge in [0.15, 0.2) is 0 Å². The van der Waals surface area contributed by atoms with Crippen molar-refractivity contribution >= 4 is 23.1 Å². The number of nitrogens with one attached hydrogen (secondary N) is 1. The van der Waals surface area contributed by atoms with Crippen molar-refractivity contribution in [1.29, 1.82) is 0 Å². The molecule has 0 fully saturated rings. The molecule has 0 radical (unpaired) electrons. The second-order valence-electron chi connectivity index (χ2n) is 4.87. The highest BCUT2D eigenvalue weighted by Gasteiger charge is 2.13. The highest BCUT2D eigenvalue weighted by molar-refractivity contribution is 7.97. The van der Waals surface area contributed by atoms with Crippen molar-refractivity contribution in [3.63, 3.8) is 0 Å². The lowest BCUT2D eigenvalue weighted by Crippen LogP contribution is -2.35. The molecule has 0 unspecified atom stereocenters. The third-order valence-electron chi connectivity index (χ3n) is 2.20. The van der Waals surface area contributed by atoms with Crippen LogP contribution in [0.2, 0.25) is 0 Å². The summed E-state index contributed by atoms with van der Waals surface area (Å²) in [5.41, 5.74) is 1.44. The monoisotopic (exact) mass is 258 g/mol. The summed E-state index contributed by atoms with van der Waals surface area (Å²) in [6.45, 7) is 9.71. The molecule has 2 nitrogen and oxygen atoms in total. The highest BCUT2D eigenvalue weighted by atomic mass is 32.2. The van der Waals surface area contributed by atoms with Crippen LogP contribution in [0, 0.1) is 0 Å². The molecule has 1 aromatic rings. The number of nitrogens with zero attached hydrogens (tertiary/aromatic N) is 1. The van der Waals surface area contributed by atoms with Gasteiger partial charge < -0.3 is 5.32 Å². The van der Waals surface area contributed by atoms with Crippen LogP contribution in [0.3, 0.4) is 0 Å². The van der Waals surface area contributed by atoms with E-state index in [0.717, 1.165) is 18.7 Å². The highest BCUT2D eigenvalue weighted by Crippen LogP contribution is 2.22. The normalized spacial score (nSPS) is 12.1. The molecule has 0 saturated carbocycles. The molecule has 0 aliphatic carbocycles. The molecule has 0 aliphatic heterocycles. The Morgan fingerprint density at radius 3 is 2.56 bits per heavy atom. The Morgan fingerprint density at radius 1 is 1.38 bits per heavy atom. The van der Waals surface area contributed by atoms with Crippen molar-refractivity contribution < 1.29 is 0 Å². The van der Waals surface area contributed by atoms with Crippen LogP contribution >= 0.6 is 23.1 Å². The number of hydrogen-bond acceptors (Lipinski definition) is 4. The fourth-order valence-electron chi connectivity index (χ4n) is 1.38. The van der Waals surface area contributed by atoms with Crippen molar-refractivity contribution in [3.05, 3.63) is 15.6 Å². The summed E-state index contributed by atoms with van der Waals surface area (Å²) in [7, 11) is 0. The van der Waals surface area contributed by atoms with Crippen molar-refractivity contribution in [2.45, 2.75) is 52.0 Å². The van der Waals surface area contributed by atoms with Gasteiger partial charge in [0.2, 0.25) is 0 Å². The van der Waals surface area contributed by atoms with Crippen LogP contribution in [0.25, 0.3) is 0 Å². The van der Waals surface area contributed by atoms with Gasteiger partial charge in [-0.05, 0) is 33.4 Å². The van der Waals surface area contributed by atoms with Gasteiger partial charge in [0, 0.05) is 22.7 Å². The number of rotatable bonds is 5. The first-order valence-electron chi connectivity index (χ1n) is 5.67. The van der Waals surface area contributed by atoms with Gasteiger partial charge in [-0.15, -0.1) is 11.3 Å². The molecule has 0 spiro atoms. The van der Waals surface area contributed by atoms with E-state index in [1.165, 1.54) is 15.6 Å². The molecule has 0 bridgehead atoms. The predicted octanol–water partition coefficient (Wildman–Crippen LogP) is 3.46. The fourth-order valence-corrected chi connectivity index (χ4v) is 3.17. The number of thioether (sulfide) groups is 1. The topological polar surface area (TPSA) is 24.9 Å². The van der Waals surface area contributed by atoms with Crippen LogP contribution in [0.15, 0.2) is 0 Å². The zero-order valence-electron chi connectivity index (χ0n) is 10.9. The molecule has 0 aromatic carbocycles. The van der Waals surface area contributed by atoms with Gasteiger partial charge >= 0.3 is 0 Å². The average molecular weight is 258 g/mol. The predicted molar refractivity (Wildman–Crippen MR) is 75.3 cm³/mol. The Bertz CT molecular complexity index is 326. The maximum atomic E-state index is 4.68. The largest absolute Gasteiger partial charge is 0.307 e.